The second kappa shape index (κ2) is 9.53. The van der Waals surface area contributed by atoms with E-state index in [-0.39, 0.29) is 23.9 Å². The van der Waals surface area contributed by atoms with E-state index in [1.807, 2.05) is 30.4 Å². The normalized spacial score (nSPS) is 31.8. The molecule has 1 unspecified atom stereocenters. The van der Waals surface area contributed by atoms with E-state index in [4.69, 9.17) is 4.74 Å². The molecule has 1 fully saturated rings. The molecule has 1 aliphatic heterocycles. The largest absolute Gasteiger partial charge is 0.462 e. The third-order valence-electron chi connectivity index (χ3n) is 5.94. The number of hydrogen-bond donors (Lipinski definition) is 2. The zero-order valence-corrected chi connectivity index (χ0v) is 16.7. The first-order valence-electron chi connectivity index (χ1n) is 10.4. The maximum absolute atomic E-state index is 12.0. The Labute approximate surface area is 167 Å². The Hall–Kier alpha value is -1.91. The summed E-state index contributed by atoms with van der Waals surface area (Å²) < 4.78 is 5.66. The number of ether oxygens (including phenoxy) is 1. The molecular weight excluding hydrogens is 352 g/mol. The quantitative estimate of drug-likeness (QED) is 0.596. The van der Waals surface area contributed by atoms with Crippen molar-refractivity contribution in [1.82, 2.24) is 0 Å². The van der Waals surface area contributed by atoms with Crippen LogP contribution >= 0.6 is 0 Å². The van der Waals surface area contributed by atoms with Gasteiger partial charge in [-0.1, -0.05) is 54.6 Å². The number of carbonyl (C=O) groups is 1. The van der Waals surface area contributed by atoms with Crippen molar-refractivity contribution in [2.24, 2.45) is 11.8 Å². The summed E-state index contributed by atoms with van der Waals surface area (Å²) in [5.41, 5.74) is 0.248. The van der Waals surface area contributed by atoms with E-state index >= 15 is 0 Å². The molecule has 0 saturated heterocycles. The summed E-state index contributed by atoms with van der Waals surface area (Å²) in [6.45, 7) is 1.80. The van der Waals surface area contributed by atoms with Gasteiger partial charge in [0.1, 0.15) is 6.10 Å². The van der Waals surface area contributed by atoms with Gasteiger partial charge in [0.15, 0.2) is 0 Å². The Kier molecular flexibility index (Phi) is 7.08. The zero-order valence-electron chi connectivity index (χ0n) is 16.7. The second-order valence-corrected chi connectivity index (χ2v) is 8.37. The molecule has 28 heavy (non-hydrogen) atoms. The number of benzene rings is 1. The number of fused-ring (bicyclic) bond motifs is 1. The van der Waals surface area contributed by atoms with Gasteiger partial charge in [0, 0.05) is 24.7 Å². The Balaban J connectivity index is 1.66. The number of aryl methyl sites for hydroxylation is 1. The monoisotopic (exact) mass is 384 g/mol. The first kappa shape index (κ1) is 20.8. The molecule has 4 heteroatoms. The van der Waals surface area contributed by atoms with Crippen LogP contribution in [0.4, 0.5) is 0 Å². The van der Waals surface area contributed by atoms with Crippen LogP contribution in [0.15, 0.2) is 54.6 Å². The standard InChI is InChI=1S/C24H32O4/c1-24(27,15-13-18-9-5-4-6-10-18)16-14-19-20-11-7-2-3-8-12-23(26)28-22(20)17-21(19)25/h2,4-7,9-10,14,16,19-22,25,27H,3,8,11-13,15,17H2,1H3/b7-2-,16-14+/t19?,20-,21-,22+,24+/m1/s1. The van der Waals surface area contributed by atoms with Crippen LogP contribution in [-0.4, -0.2) is 34.0 Å². The highest BCUT2D eigenvalue weighted by molar-refractivity contribution is 5.69. The molecule has 1 saturated carbocycles. The summed E-state index contributed by atoms with van der Waals surface area (Å²) in [5, 5.41) is 21.4. The molecule has 3 rings (SSSR count). The van der Waals surface area contributed by atoms with Gasteiger partial charge < -0.3 is 14.9 Å². The molecule has 0 bridgehead atoms. The van der Waals surface area contributed by atoms with E-state index in [0.717, 1.165) is 25.7 Å². The van der Waals surface area contributed by atoms with Crippen LogP contribution in [0, 0.1) is 11.8 Å². The van der Waals surface area contributed by atoms with Crippen molar-refractivity contribution in [3.05, 3.63) is 60.2 Å². The van der Waals surface area contributed by atoms with Crippen molar-refractivity contribution in [3.63, 3.8) is 0 Å². The van der Waals surface area contributed by atoms with Gasteiger partial charge in [-0.15, -0.1) is 0 Å². The minimum atomic E-state index is -0.948. The lowest BCUT2D eigenvalue weighted by atomic mass is 9.87. The van der Waals surface area contributed by atoms with E-state index in [0.29, 0.717) is 19.3 Å². The van der Waals surface area contributed by atoms with Crippen LogP contribution in [0.3, 0.4) is 0 Å². The van der Waals surface area contributed by atoms with Crippen molar-refractivity contribution in [3.8, 4) is 0 Å². The van der Waals surface area contributed by atoms with Crippen LogP contribution in [-0.2, 0) is 16.0 Å². The number of hydrogen-bond acceptors (Lipinski definition) is 4. The lowest BCUT2D eigenvalue weighted by Gasteiger charge is -2.25. The van der Waals surface area contributed by atoms with Crippen molar-refractivity contribution in [1.29, 1.82) is 0 Å². The molecule has 0 aromatic heterocycles. The third-order valence-corrected chi connectivity index (χ3v) is 5.94. The number of allylic oxidation sites excluding steroid dienone is 2. The Morgan fingerprint density at radius 2 is 2.04 bits per heavy atom. The van der Waals surface area contributed by atoms with Crippen molar-refractivity contribution in [2.75, 3.05) is 0 Å². The Morgan fingerprint density at radius 3 is 2.82 bits per heavy atom. The molecular formula is C24H32O4. The first-order chi connectivity index (χ1) is 13.4. The van der Waals surface area contributed by atoms with Crippen LogP contribution in [0.5, 0.6) is 0 Å². The van der Waals surface area contributed by atoms with Gasteiger partial charge in [-0.25, -0.2) is 0 Å². The maximum Gasteiger partial charge on any atom is 0.306 e. The Morgan fingerprint density at radius 1 is 1.25 bits per heavy atom. The molecule has 1 aromatic carbocycles. The van der Waals surface area contributed by atoms with Crippen molar-refractivity contribution < 1.29 is 19.7 Å². The van der Waals surface area contributed by atoms with Gasteiger partial charge in [0.2, 0.25) is 0 Å². The highest BCUT2D eigenvalue weighted by Crippen LogP contribution is 2.39. The molecule has 152 valence electrons. The molecule has 0 spiro atoms. The molecule has 2 aliphatic rings. The van der Waals surface area contributed by atoms with Gasteiger partial charge in [0.05, 0.1) is 11.7 Å². The van der Waals surface area contributed by atoms with Crippen molar-refractivity contribution in [2.45, 2.75) is 69.7 Å². The van der Waals surface area contributed by atoms with Gasteiger partial charge >= 0.3 is 5.97 Å². The summed E-state index contributed by atoms with van der Waals surface area (Å²) >= 11 is 0. The summed E-state index contributed by atoms with van der Waals surface area (Å²) in [7, 11) is 0. The molecule has 1 aliphatic carbocycles. The van der Waals surface area contributed by atoms with Gasteiger partial charge in [0.25, 0.3) is 0 Å². The molecule has 4 nitrogen and oxygen atoms in total. The fraction of sp³-hybridized carbons (Fsp3) is 0.542. The Bertz CT molecular complexity index is 692. The fourth-order valence-electron chi connectivity index (χ4n) is 4.23. The zero-order chi connectivity index (χ0) is 20.0. The molecule has 1 heterocycles. The van der Waals surface area contributed by atoms with Gasteiger partial charge in [-0.2, -0.15) is 0 Å². The van der Waals surface area contributed by atoms with E-state index in [9.17, 15) is 15.0 Å². The smallest absolute Gasteiger partial charge is 0.306 e. The summed E-state index contributed by atoms with van der Waals surface area (Å²) in [6.07, 6.45) is 12.0. The highest BCUT2D eigenvalue weighted by atomic mass is 16.5. The third kappa shape index (κ3) is 5.79. The average molecular weight is 385 g/mol. The number of rotatable bonds is 5. The molecule has 1 aromatic rings. The van der Waals surface area contributed by atoms with Crippen LogP contribution < -0.4 is 0 Å². The van der Waals surface area contributed by atoms with E-state index in [1.54, 1.807) is 6.92 Å². The van der Waals surface area contributed by atoms with E-state index in [2.05, 4.69) is 24.3 Å². The van der Waals surface area contributed by atoms with Crippen molar-refractivity contribution >= 4 is 5.97 Å². The van der Waals surface area contributed by atoms with Gasteiger partial charge in [-0.3, -0.25) is 4.79 Å². The summed E-state index contributed by atoms with van der Waals surface area (Å²) in [4.78, 5) is 12.0. The predicted octanol–water partition coefficient (Wildman–Crippen LogP) is 3.97. The van der Waals surface area contributed by atoms with Crippen LogP contribution in [0.1, 0.15) is 51.0 Å². The molecule has 0 amide bonds. The maximum atomic E-state index is 12.0. The number of carbonyl (C=O) groups excluding carboxylic acids is 1. The van der Waals surface area contributed by atoms with E-state index in [1.165, 1.54) is 5.56 Å². The predicted molar refractivity (Wildman–Crippen MR) is 110 cm³/mol. The number of esters is 1. The summed E-state index contributed by atoms with van der Waals surface area (Å²) in [6, 6.07) is 10.1. The molecule has 0 radical (unpaired) electrons. The fourth-order valence-corrected chi connectivity index (χ4v) is 4.23. The first-order valence-corrected chi connectivity index (χ1v) is 10.4. The summed E-state index contributed by atoms with van der Waals surface area (Å²) in [5.74, 6) is -0.239. The minimum absolute atomic E-state index is 0.0504. The highest BCUT2D eigenvalue weighted by Gasteiger charge is 2.43. The SMILES string of the molecule is C[C@@](O)(/C=C/C1[C@H](O)C[C@@H]2OC(=O)CCC/C=C\C[C@H]12)CCc1ccccc1. The average Bonchev–Trinajstić information content (AvgIpc) is 2.96. The second-order valence-electron chi connectivity index (χ2n) is 8.37. The van der Waals surface area contributed by atoms with E-state index < -0.39 is 11.7 Å². The lowest BCUT2D eigenvalue weighted by molar-refractivity contribution is -0.151. The minimum Gasteiger partial charge on any atom is -0.462 e. The molecule has 2 N–H and O–H groups in total. The molecule has 5 atom stereocenters. The van der Waals surface area contributed by atoms with Crippen LogP contribution in [0.2, 0.25) is 0 Å². The lowest BCUT2D eigenvalue weighted by Crippen LogP contribution is -2.26. The number of aliphatic hydroxyl groups excluding tert-OH is 1. The van der Waals surface area contributed by atoms with Gasteiger partial charge in [-0.05, 0) is 44.6 Å². The number of aliphatic hydroxyl groups is 2. The van der Waals surface area contributed by atoms with Crippen LogP contribution in [0.25, 0.3) is 0 Å². The topological polar surface area (TPSA) is 66.8 Å².